The number of benzene rings is 1. The monoisotopic (exact) mass is 233 g/mol. The van der Waals surface area contributed by atoms with Crippen molar-refractivity contribution >= 4 is 0 Å². The van der Waals surface area contributed by atoms with Crippen molar-refractivity contribution in [3.63, 3.8) is 0 Å². The molecule has 0 spiro atoms. The highest BCUT2D eigenvalue weighted by molar-refractivity contribution is 5.38. The molecule has 1 atom stereocenters. The fourth-order valence-electron chi connectivity index (χ4n) is 2.89. The van der Waals surface area contributed by atoms with E-state index in [1.165, 1.54) is 16.7 Å². The zero-order valence-corrected chi connectivity index (χ0v) is 11.1. The molecular formula is C15H23NO. The Morgan fingerprint density at radius 1 is 1.35 bits per heavy atom. The summed E-state index contributed by atoms with van der Waals surface area (Å²) in [6, 6.07) is 6.74. The van der Waals surface area contributed by atoms with Crippen molar-refractivity contribution in [3.8, 4) is 0 Å². The van der Waals surface area contributed by atoms with Crippen LogP contribution >= 0.6 is 0 Å². The minimum atomic E-state index is 0.219. The molecule has 0 radical (unpaired) electrons. The largest absolute Gasteiger partial charge is 0.379 e. The lowest BCUT2D eigenvalue weighted by Gasteiger charge is -2.44. The van der Waals surface area contributed by atoms with Crippen LogP contribution in [0.25, 0.3) is 0 Å². The van der Waals surface area contributed by atoms with Crippen LogP contribution in [0.15, 0.2) is 18.2 Å². The van der Waals surface area contributed by atoms with Crippen LogP contribution in [0.2, 0.25) is 0 Å². The molecular weight excluding hydrogens is 210 g/mol. The average molecular weight is 233 g/mol. The maximum Gasteiger partial charge on any atom is 0.0585 e. The van der Waals surface area contributed by atoms with Gasteiger partial charge in [-0.2, -0.15) is 0 Å². The van der Waals surface area contributed by atoms with E-state index >= 15 is 0 Å². The van der Waals surface area contributed by atoms with E-state index in [4.69, 9.17) is 10.5 Å². The molecule has 1 aromatic rings. The molecule has 0 amide bonds. The highest BCUT2D eigenvalue weighted by Crippen LogP contribution is 2.39. The van der Waals surface area contributed by atoms with E-state index < -0.39 is 0 Å². The average Bonchev–Trinajstić information content (AvgIpc) is 2.24. The van der Waals surface area contributed by atoms with E-state index in [2.05, 4.69) is 39.0 Å². The van der Waals surface area contributed by atoms with Gasteiger partial charge >= 0.3 is 0 Å². The van der Waals surface area contributed by atoms with Gasteiger partial charge in [-0.3, -0.25) is 0 Å². The van der Waals surface area contributed by atoms with Crippen molar-refractivity contribution in [2.45, 2.75) is 32.6 Å². The van der Waals surface area contributed by atoms with Crippen LogP contribution in [-0.2, 0) is 10.2 Å². The van der Waals surface area contributed by atoms with Gasteiger partial charge in [0.2, 0.25) is 0 Å². The maximum absolute atomic E-state index is 5.76. The molecule has 2 nitrogen and oxygen atoms in total. The Morgan fingerprint density at radius 2 is 2.06 bits per heavy atom. The molecule has 1 unspecified atom stereocenters. The molecule has 1 aliphatic heterocycles. The quantitative estimate of drug-likeness (QED) is 0.867. The van der Waals surface area contributed by atoms with Gasteiger partial charge in [-0.05, 0) is 43.9 Å². The second kappa shape index (κ2) is 4.79. The Balaban J connectivity index is 2.28. The van der Waals surface area contributed by atoms with Crippen LogP contribution in [-0.4, -0.2) is 19.8 Å². The van der Waals surface area contributed by atoms with Gasteiger partial charge in [-0.15, -0.1) is 0 Å². The van der Waals surface area contributed by atoms with E-state index in [1.807, 2.05) is 0 Å². The van der Waals surface area contributed by atoms with E-state index in [0.717, 1.165) is 26.2 Å². The lowest BCUT2D eigenvalue weighted by atomic mass is 9.71. The third-order valence-corrected chi connectivity index (χ3v) is 3.85. The first kappa shape index (κ1) is 12.6. The Morgan fingerprint density at radius 3 is 2.53 bits per heavy atom. The van der Waals surface area contributed by atoms with Crippen molar-refractivity contribution in [1.82, 2.24) is 0 Å². The van der Waals surface area contributed by atoms with Gasteiger partial charge in [0, 0.05) is 5.41 Å². The molecule has 1 saturated heterocycles. The summed E-state index contributed by atoms with van der Waals surface area (Å²) in [6.07, 6.45) is 1.13. The summed E-state index contributed by atoms with van der Waals surface area (Å²) in [5.74, 6) is 0.555. The van der Waals surface area contributed by atoms with Crippen molar-refractivity contribution < 1.29 is 4.74 Å². The first-order valence-electron chi connectivity index (χ1n) is 6.43. The molecule has 0 aliphatic carbocycles. The molecule has 1 heterocycles. The summed E-state index contributed by atoms with van der Waals surface area (Å²) in [5, 5.41) is 0. The van der Waals surface area contributed by atoms with Crippen molar-refractivity contribution in [1.29, 1.82) is 0 Å². The number of hydrogen-bond acceptors (Lipinski definition) is 2. The minimum absolute atomic E-state index is 0.219. The predicted molar refractivity (Wildman–Crippen MR) is 71.2 cm³/mol. The molecule has 1 fully saturated rings. The van der Waals surface area contributed by atoms with E-state index in [1.54, 1.807) is 0 Å². The summed E-state index contributed by atoms with van der Waals surface area (Å²) < 4.78 is 5.48. The van der Waals surface area contributed by atoms with Crippen LogP contribution in [0.1, 0.15) is 30.0 Å². The summed E-state index contributed by atoms with van der Waals surface area (Å²) in [7, 11) is 0. The second-order valence-electron chi connectivity index (χ2n) is 5.64. The highest BCUT2D eigenvalue weighted by atomic mass is 16.5. The van der Waals surface area contributed by atoms with Crippen LogP contribution in [0.3, 0.4) is 0 Å². The fourth-order valence-corrected chi connectivity index (χ4v) is 2.89. The third kappa shape index (κ3) is 2.38. The Hall–Kier alpha value is -0.860. The summed E-state index contributed by atoms with van der Waals surface area (Å²) in [6.45, 7) is 9.03. The molecule has 0 aromatic heterocycles. The Labute approximate surface area is 104 Å². The second-order valence-corrected chi connectivity index (χ2v) is 5.64. The normalized spacial score (nSPS) is 19.8. The van der Waals surface area contributed by atoms with E-state index in [0.29, 0.717) is 5.92 Å². The number of aryl methyl sites for hydroxylation is 2. The predicted octanol–water partition coefficient (Wildman–Crippen LogP) is 2.56. The molecule has 0 saturated carbocycles. The van der Waals surface area contributed by atoms with E-state index in [-0.39, 0.29) is 5.41 Å². The summed E-state index contributed by atoms with van der Waals surface area (Å²) in [4.78, 5) is 0. The van der Waals surface area contributed by atoms with Crippen LogP contribution in [0.5, 0.6) is 0 Å². The molecule has 1 aromatic carbocycles. The summed E-state index contributed by atoms with van der Waals surface area (Å²) in [5.41, 5.74) is 10.1. The first-order valence-corrected chi connectivity index (χ1v) is 6.43. The van der Waals surface area contributed by atoms with Crippen LogP contribution in [0.4, 0.5) is 0 Å². The molecule has 17 heavy (non-hydrogen) atoms. The summed E-state index contributed by atoms with van der Waals surface area (Å²) >= 11 is 0. The van der Waals surface area contributed by atoms with Crippen molar-refractivity contribution in [2.24, 2.45) is 11.7 Å². The highest BCUT2D eigenvalue weighted by Gasteiger charge is 2.41. The number of rotatable bonds is 4. The van der Waals surface area contributed by atoms with Crippen LogP contribution in [0, 0.1) is 19.8 Å². The topological polar surface area (TPSA) is 35.2 Å². The molecule has 2 heteroatoms. The third-order valence-electron chi connectivity index (χ3n) is 3.85. The number of ether oxygens (including phenoxy) is 1. The number of hydrogen-bond donors (Lipinski definition) is 1. The standard InChI is InChI=1S/C15H23NO/c1-11-4-5-14(13(3)6-11)15(9-17-10-15)7-12(2)8-16/h4-6,12H,7-10,16H2,1-3H3. The lowest BCUT2D eigenvalue weighted by molar-refractivity contribution is -0.0704. The SMILES string of the molecule is Cc1ccc(C2(CC(C)CN)COC2)c(C)c1. The Kier molecular flexibility index (Phi) is 3.55. The fraction of sp³-hybridized carbons (Fsp3) is 0.600. The zero-order valence-electron chi connectivity index (χ0n) is 11.1. The molecule has 0 bridgehead atoms. The van der Waals surface area contributed by atoms with Gasteiger partial charge in [0.15, 0.2) is 0 Å². The lowest BCUT2D eigenvalue weighted by Crippen LogP contribution is -2.48. The van der Waals surface area contributed by atoms with Gasteiger partial charge in [-0.25, -0.2) is 0 Å². The maximum atomic E-state index is 5.76. The van der Waals surface area contributed by atoms with Gasteiger partial charge in [0.1, 0.15) is 0 Å². The minimum Gasteiger partial charge on any atom is -0.379 e. The molecule has 2 rings (SSSR count). The molecule has 1 aliphatic rings. The van der Waals surface area contributed by atoms with Gasteiger partial charge < -0.3 is 10.5 Å². The van der Waals surface area contributed by atoms with Crippen molar-refractivity contribution in [3.05, 3.63) is 34.9 Å². The van der Waals surface area contributed by atoms with Crippen molar-refractivity contribution in [2.75, 3.05) is 19.8 Å². The van der Waals surface area contributed by atoms with Gasteiger partial charge in [0.25, 0.3) is 0 Å². The molecule has 94 valence electrons. The molecule has 2 N–H and O–H groups in total. The smallest absolute Gasteiger partial charge is 0.0585 e. The first-order chi connectivity index (χ1) is 8.07. The Bertz CT molecular complexity index is 396. The van der Waals surface area contributed by atoms with E-state index in [9.17, 15) is 0 Å². The zero-order chi connectivity index (χ0) is 12.5. The van der Waals surface area contributed by atoms with Gasteiger partial charge in [-0.1, -0.05) is 30.7 Å². The van der Waals surface area contributed by atoms with Crippen LogP contribution < -0.4 is 5.73 Å². The number of nitrogens with two attached hydrogens (primary N) is 1. The van der Waals surface area contributed by atoms with Gasteiger partial charge in [0.05, 0.1) is 13.2 Å².